The van der Waals surface area contributed by atoms with Gasteiger partial charge in [-0.3, -0.25) is 9.69 Å². The first-order chi connectivity index (χ1) is 12.1. The van der Waals surface area contributed by atoms with Crippen molar-refractivity contribution in [1.29, 1.82) is 0 Å². The quantitative estimate of drug-likeness (QED) is 0.754. The van der Waals surface area contributed by atoms with E-state index in [-0.39, 0.29) is 5.91 Å². The van der Waals surface area contributed by atoms with E-state index in [2.05, 4.69) is 11.9 Å². The molecule has 0 unspecified atom stereocenters. The van der Waals surface area contributed by atoms with Crippen LogP contribution in [-0.4, -0.2) is 56.8 Å². The molecule has 1 rings (SSSR count). The molecule has 1 N–H and O–H groups in total. The van der Waals surface area contributed by atoms with Crippen LogP contribution in [0.2, 0.25) is 0 Å². The monoisotopic (exact) mass is 363 g/mol. The normalized spacial score (nSPS) is 11.0. The zero-order valence-corrected chi connectivity index (χ0v) is 16.5. The van der Waals surface area contributed by atoms with Gasteiger partial charge in [0.05, 0.1) is 18.5 Å². The Morgan fingerprint density at radius 1 is 1.23 bits per heavy atom. The Bertz CT molecular complexity index is 651. The van der Waals surface area contributed by atoms with Gasteiger partial charge < -0.3 is 19.7 Å². The van der Waals surface area contributed by atoms with E-state index in [9.17, 15) is 9.59 Å². The molecule has 0 aromatic heterocycles. The van der Waals surface area contributed by atoms with Crippen LogP contribution < -0.4 is 15.0 Å². The number of carbonyl (C=O) groups is 2. The summed E-state index contributed by atoms with van der Waals surface area (Å²) in [6.07, 6.45) is 0.674. The van der Waals surface area contributed by atoms with Gasteiger partial charge in [0.1, 0.15) is 11.4 Å². The first-order valence-corrected chi connectivity index (χ1v) is 8.34. The number of methoxy groups -OCH3 is 1. The molecule has 0 saturated carbocycles. The summed E-state index contributed by atoms with van der Waals surface area (Å²) in [5.41, 5.74) is 0.326. The summed E-state index contributed by atoms with van der Waals surface area (Å²) in [6, 6.07) is 5.09. The molecule has 1 aromatic carbocycles. The fraction of sp³-hybridized carbons (Fsp3) is 0.474. The largest absolute Gasteiger partial charge is 0.497 e. The summed E-state index contributed by atoms with van der Waals surface area (Å²) in [5.74, 6) is 0.197. The summed E-state index contributed by atoms with van der Waals surface area (Å²) < 4.78 is 10.8. The summed E-state index contributed by atoms with van der Waals surface area (Å²) >= 11 is 0. The fourth-order valence-electron chi connectivity index (χ4n) is 2.08. The smallest absolute Gasteiger partial charge is 0.414 e. The van der Waals surface area contributed by atoms with E-state index < -0.39 is 11.7 Å². The van der Waals surface area contributed by atoms with Gasteiger partial charge >= 0.3 is 6.09 Å². The van der Waals surface area contributed by atoms with E-state index in [1.807, 2.05) is 19.0 Å². The lowest BCUT2D eigenvalue weighted by atomic mass is 10.2. The third-order valence-electron chi connectivity index (χ3n) is 3.32. The lowest BCUT2D eigenvalue weighted by Crippen LogP contribution is -2.41. The molecule has 7 heteroatoms. The van der Waals surface area contributed by atoms with Gasteiger partial charge in [-0.25, -0.2) is 4.79 Å². The number of ether oxygens (including phenoxy) is 2. The summed E-state index contributed by atoms with van der Waals surface area (Å²) in [7, 11) is 5.37. The predicted molar refractivity (Wildman–Crippen MR) is 104 cm³/mol. The van der Waals surface area contributed by atoms with Crippen molar-refractivity contribution < 1.29 is 19.1 Å². The number of amides is 2. The van der Waals surface area contributed by atoms with Gasteiger partial charge in [0.25, 0.3) is 0 Å². The van der Waals surface area contributed by atoms with Crippen LogP contribution in [0.1, 0.15) is 20.8 Å². The molecular formula is C19H29N3O4. The van der Waals surface area contributed by atoms with Crippen LogP contribution in [-0.2, 0) is 9.53 Å². The molecule has 0 radical (unpaired) electrons. The molecule has 144 valence electrons. The van der Waals surface area contributed by atoms with Crippen molar-refractivity contribution >= 4 is 23.4 Å². The van der Waals surface area contributed by atoms with Crippen LogP contribution in [0.25, 0.3) is 0 Å². The lowest BCUT2D eigenvalue weighted by molar-refractivity contribution is -0.111. The summed E-state index contributed by atoms with van der Waals surface area (Å²) in [4.78, 5) is 28.0. The lowest BCUT2D eigenvalue weighted by Gasteiger charge is -2.29. The van der Waals surface area contributed by atoms with Crippen molar-refractivity contribution in [1.82, 2.24) is 4.90 Å². The molecule has 0 aliphatic rings. The molecular weight excluding hydrogens is 334 g/mol. The van der Waals surface area contributed by atoms with Crippen LogP contribution in [0.15, 0.2) is 30.9 Å². The van der Waals surface area contributed by atoms with Gasteiger partial charge in [-0.2, -0.15) is 0 Å². The molecule has 0 saturated heterocycles. The SMILES string of the molecule is C=CC(=O)Nc1ccc(OC)cc1N(CCN(C)C)C(=O)OC(C)(C)C. The van der Waals surface area contributed by atoms with Gasteiger partial charge in [-0.05, 0) is 53.1 Å². The third kappa shape index (κ3) is 6.76. The molecule has 0 bridgehead atoms. The Morgan fingerprint density at radius 3 is 2.38 bits per heavy atom. The number of rotatable bonds is 7. The van der Waals surface area contributed by atoms with E-state index >= 15 is 0 Å². The minimum atomic E-state index is -0.642. The minimum Gasteiger partial charge on any atom is -0.497 e. The van der Waals surface area contributed by atoms with E-state index in [1.54, 1.807) is 46.1 Å². The molecule has 26 heavy (non-hydrogen) atoms. The Hall–Kier alpha value is -2.54. The van der Waals surface area contributed by atoms with E-state index in [4.69, 9.17) is 9.47 Å². The van der Waals surface area contributed by atoms with E-state index in [0.717, 1.165) is 0 Å². The van der Waals surface area contributed by atoms with Crippen LogP contribution in [0.5, 0.6) is 5.75 Å². The predicted octanol–water partition coefficient (Wildman–Crippen LogP) is 3.12. The van der Waals surface area contributed by atoms with Crippen LogP contribution in [0.3, 0.4) is 0 Å². The molecule has 1 aromatic rings. The number of carbonyl (C=O) groups excluding carboxylic acids is 2. The number of nitrogens with zero attached hydrogens (tertiary/aromatic N) is 2. The highest BCUT2D eigenvalue weighted by Gasteiger charge is 2.26. The summed E-state index contributed by atoms with van der Waals surface area (Å²) in [6.45, 7) is 9.88. The van der Waals surface area contributed by atoms with Gasteiger partial charge in [0, 0.05) is 19.2 Å². The Morgan fingerprint density at radius 2 is 1.88 bits per heavy atom. The van der Waals surface area contributed by atoms with Crippen molar-refractivity contribution in [2.45, 2.75) is 26.4 Å². The minimum absolute atomic E-state index is 0.367. The van der Waals surface area contributed by atoms with Crippen molar-refractivity contribution in [3.8, 4) is 5.75 Å². The maximum atomic E-state index is 12.8. The fourth-order valence-corrected chi connectivity index (χ4v) is 2.08. The molecule has 0 heterocycles. The topological polar surface area (TPSA) is 71.1 Å². The van der Waals surface area contributed by atoms with Gasteiger partial charge in [-0.15, -0.1) is 0 Å². The molecule has 0 aliphatic heterocycles. The molecule has 0 spiro atoms. The van der Waals surface area contributed by atoms with Crippen molar-refractivity contribution in [2.75, 3.05) is 44.5 Å². The molecule has 0 fully saturated rings. The molecule has 0 atom stereocenters. The average molecular weight is 363 g/mol. The molecule has 2 amide bonds. The van der Waals surface area contributed by atoms with Crippen LogP contribution in [0, 0.1) is 0 Å². The number of hydrogen-bond acceptors (Lipinski definition) is 5. The van der Waals surface area contributed by atoms with Crippen molar-refractivity contribution in [2.24, 2.45) is 0 Å². The Kier molecular flexibility index (Phi) is 7.64. The van der Waals surface area contributed by atoms with Crippen molar-refractivity contribution in [3.05, 3.63) is 30.9 Å². The summed E-state index contributed by atoms with van der Waals surface area (Å²) in [5, 5.41) is 2.72. The average Bonchev–Trinajstić information content (AvgIpc) is 2.54. The highest BCUT2D eigenvalue weighted by Crippen LogP contribution is 2.31. The maximum absolute atomic E-state index is 12.8. The second kappa shape index (κ2) is 9.24. The standard InChI is InChI=1S/C19H29N3O4/c1-8-17(23)20-15-10-9-14(25-7)13-16(15)22(12-11-21(5)6)18(24)26-19(2,3)4/h8-10,13H,1,11-12H2,2-7H3,(H,20,23). The highest BCUT2D eigenvalue weighted by molar-refractivity contribution is 6.03. The van der Waals surface area contributed by atoms with Gasteiger partial charge in [-0.1, -0.05) is 6.58 Å². The zero-order valence-electron chi connectivity index (χ0n) is 16.5. The first kappa shape index (κ1) is 21.5. The second-order valence-electron chi connectivity index (χ2n) is 7.01. The van der Waals surface area contributed by atoms with E-state index in [1.165, 1.54) is 11.0 Å². The Balaban J connectivity index is 3.33. The second-order valence-corrected chi connectivity index (χ2v) is 7.01. The number of hydrogen-bond donors (Lipinski definition) is 1. The molecule has 7 nitrogen and oxygen atoms in total. The number of nitrogens with one attached hydrogen (secondary N) is 1. The number of likely N-dealkylation sites (N-methyl/N-ethyl adjacent to an activating group) is 1. The Labute approximate surface area is 155 Å². The molecule has 0 aliphatic carbocycles. The highest BCUT2D eigenvalue weighted by atomic mass is 16.6. The van der Waals surface area contributed by atoms with Gasteiger partial charge in [0.15, 0.2) is 0 Å². The first-order valence-electron chi connectivity index (χ1n) is 8.34. The van der Waals surface area contributed by atoms with Crippen LogP contribution in [0.4, 0.5) is 16.2 Å². The van der Waals surface area contributed by atoms with Gasteiger partial charge in [0.2, 0.25) is 5.91 Å². The zero-order chi connectivity index (χ0) is 19.9. The van der Waals surface area contributed by atoms with Crippen molar-refractivity contribution in [3.63, 3.8) is 0 Å². The number of anilines is 2. The third-order valence-corrected chi connectivity index (χ3v) is 3.32. The maximum Gasteiger partial charge on any atom is 0.414 e. The number of benzene rings is 1. The van der Waals surface area contributed by atoms with E-state index in [0.29, 0.717) is 30.2 Å². The van der Waals surface area contributed by atoms with Crippen LogP contribution >= 0.6 is 0 Å².